The smallest absolute Gasteiger partial charge is 0.408 e. The first-order valence-electron chi connectivity index (χ1n) is 5.14. The van der Waals surface area contributed by atoms with Gasteiger partial charge in [0.25, 0.3) is 0 Å². The predicted octanol–water partition coefficient (Wildman–Crippen LogP) is 2.51. The van der Waals surface area contributed by atoms with Crippen molar-refractivity contribution in [3.8, 4) is 0 Å². The fraction of sp³-hybridized carbons (Fsp3) is 0.273. The lowest BCUT2D eigenvalue weighted by Crippen LogP contribution is -2.44. The Morgan fingerprint density at radius 1 is 1.20 bits per heavy atom. The number of ketones is 1. The van der Waals surface area contributed by atoms with Gasteiger partial charge >= 0.3 is 17.9 Å². The Hall–Kier alpha value is -2.19. The zero-order valence-corrected chi connectivity index (χ0v) is 9.79. The molecule has 2 rings (SSSR count). The van der Waals surface area contributed by atoms with Crippen LogP contribution in [0.4, 0.5) is 22.0 Å². The van der Waals surface area contributed by atoms with Gasteiger partial charge < -0.3 is 4.42 Å². The number of alkyl halides is 5. The van der Waals surface area contributed by atoms with E-state index in [1.54, 1.807) is 0 Å². The van der Waals surface area contributed by atoms with E-state index in [-0.39, 0.29) is 11.1 Å². The number of carbonyl (C=O) groups is 1. The van der Waals surface area contributed by atoms with Crippen molar-refractivity contribution in [2.45, 2.75) is 12.1 Å². The second kappa shape index (κ2) is 4.15. The minimum atomic E-state index is -5.99. The second-order valence-corrected chi connectivity index (χ2v) is 4.01. The third-order valence-electron chi connectivity index (χ3n) is 2.70. The monoisotopic (exact) mass is 295 g/mol. The maximum atomic E-state index is 12.9. The van der Waals surface area contributed by atoms with Crippen LogP contribution in [0.1, 0.15) is 10.4 Å². The van der Waals surface area contributed by atoms with Crippen LogP contribution in [-0.2, 0) is 7.05 Å². The van der Waals surface area contributed by atoms with E-state index in [1.807, 2.05) is 0 Å². The highest BCUT2D eigenvalue weighted by molar-refractivity contribution is 6.03. The minimum Gasteiger partial charge on any atom is -0.408 e. The maximum absolute atomic E-state index is 12.9. The van der Waals surface area contributed by atoms with E-state index in [1.165, 1.54) is 7.05 Å². The number of rotatable bonds is 2. The van der Waals surface area contributed by atoms with Gasteiger partial charge in [0.1, 0.15) is 0 Å². The fourth-order valence-electron chi connectivity index (χ4n) is 1.59. The first-order chi connectivity index (χ1) is 9.05. The minimum absolute atomic E-state index is 0.168. The average molecular weight is 295 g/mol. The maximum Gasteiger partial charge on any atom is 0.461 e. The summed E-state index contributed by atoms with van der Waals surface area (Å²) in [5, 5.41) is 0. The molecule has 0 saturated carbocycles. The molecule has 1 heterocycles. The molecule has 0 N–H and O–H groups in total. The molecule has 2 aromatic rings. The van der Waals surface area contributed by atoms with Crippen LogP contribution in [0.15, 0.2) is 27.4 Å². The SMILES string of the molecule is Cn1c(=O)oc2cc(C(=O)C(F)(F)C(F)(F)F)ccc21. The topological polar surface area (TPSA) is 52.2 Å². The van der Waals surface area contributed by atoms with Crippen LogP contribution in [0.5, 0.6) is 0 Å². The number of hydrogen-bond acceptors (Lipinski definition) is 3. The van der Waals surface area contributed by atoms with E-state index in [2.05, 4.69) is 4.42 Å². The van der Waals surface area contributed by atoms with E-state index < -0.39 is 29.2 Å². The quantitative estimate of drug-likeness (QED) is 0.632. The van der Waals surface area contributed by atoms with Crippen molar-refractivity contribution < 1.29 is 31.2 Å². The van der Waals surface area contributed by atoms with Crippen molar-refractivity contribution in [2.75, 3.05) is 0 Å². The van der Waals surface area contributed by atoms with E-state index >= 15 is 0 Å². The summed E-state index contributed by atoms with van der Waals surface area (Å²) in [6, 6.07) is 2.51. The Morgan fingerprint density at radius 2 is 1.80 bits per heavy atom. The molecule has 9 heteroatoms. The van der Waals surface area contributed by atoms with Gasteiger partial charge in [0.05, 0.1) is 5.52 Å². The Bertz CT molecular complexity index is 741. The highest BCUT2D eigenvalue weighted by Gasteiger charge is 2.63. The predicted molar refractivity (Wildman–Crippen MR) is 56.8 cm³/mol. The Balaban J connectivity index is 2.54. The van der Waals surface area contributed by atoms with Crippen molar-refractivity contribution in [3.63, 3.8) is 0 Å². The molecule has 20 heavy (non-hydrogen) atoms. The lowest BCUT2D eigenvalue weighted by atomic mass is 10.0. The zero-order valence-electron chi connectivity index (χ0n) is 9.79. The third-order valence-corrected chi connectivity index (χ3v) is 2.70. The molecule has 0 unspecified atom stereocenters. The Kier molecular flexibility index (Phi) is 2.95. The number of fused-ring (bicyclic) bond motifs is 1. The van der Waals surface area contributed by atoms with E-state index in [4.69, 9.17) is 0 Å². The molecule has 108 valence electrons. The summed E-state index contributed by atoms with van der Waals surface area (Å²) in [4.78, 5) is 22.4. The lowest BCUT2D eigenvalue weighted by Gasteiger charge is -2.17. The van der Waals surface area contributed by atoms with Gasteiger partial charge in [-0.2, -0.15) is 22.0 Å². The largest absolute Gasteiger partial charge is 0.461 e. The average Bonchev–Trinajstić information content (AvgIpc) is 2.62. The summed E-state index contributed by atoms with van der Waals surface area (Å²) in [6.07, 6.45) is -5.99. The second-order valence-electron chi connectivity index (χ2n) is 4.01. The molecule has 4 nitrogen and oxygen atoms in total. The summed E-state index contributed by atoms with van der Waals surface area (Å²) in [5.74, 6) is -8.74. The van der Waals surface area contributed by atoms with Gasteiger partial charge in [-0.15, -0.1) is 0 Å². The standard InChI is InChI=1S/C11H6F5NO3/c1-17-6-3-2-5(4-7(6)20-9(17)19)8(18)10(12,13)11(14,15)16/h2-4H,1H3. The molecular formula is C11H6F5NO3. The molecule has 0 bridgehead atoms. The molecule has 0 aliphatic rings. The number of Topliss-reactive ketones (excluding diaryl/α,β-unsaturated/α-hetero) is 1. The van der Waals surface area contributed by atoms with Crippen LogP contribution >= 0.6 is 0 Å². The zero-order chi connectivity index (χ0) is 15.3. The van der Waals surface area contributed by atoms with Gasteiger partial charge in [-0.1, -0.05) is 0 Å². The van der Waals surface area contributed by atoms with Crippen LogP contribution in [0, 0.1) is 0 Å². The number of hydrogen-bond donors (Lipinski definition) is 0. The summed E-state index contributed by atoms with van der Waals surface area (Å²) < 4.78 is 67.8. The Morgan fingerprint density at radius 3 is 2.35 bits per heavy atom. The summed E-state index contributed by atoms with van der Waals surface area (Å²) >= 11 is 0. The van der Waals surface area contributed by atoms with Crippen molar-refractivity contribution in [2.24, 2.45) is 7.05 Å². The number of aromatic nitrogens is 1. The molecule has 0 aliphatic heterocycles. The van der Waals surface area contributed by atoms with Crippen molar-refractivity contribution in [1.29, 1.82) is 0 Å². The lowest BCUT2D eigenvalue weighted by molar-refractivity contribution is -0.255. The van der Waals surface area contributed by atoms with Crippen molar-refractivity contribution >= 4 is 16.9 Å². The molecule has 1 aromatic heterocycles. The van der Waals surface area contributed by atoms with Gasteiger partial charge in [0.2, 0.25) is 5.78 Å². The molecule has 0 atom stereocenters. The van der Waals surface area contributed by atoms with Crippen LogP contribution in [-0.4, -0.2) is 22.4 Å². The summed E-state index contributed by atoms with van der Waals surface area (Å²) in [5.41, 5.74) is -0.975. The molecule has 0 amide bonds. The van der Waals surface area contributed by atoms with Crippen LogP contribution in [0.25, 0.3) is 11.1 Å². The summed E-state index contributed by atoms with van der Waals surface area (Å²) in [6.45, 7) is 0. The van der Waals surface area contributed by atoms with Gasteiger partial charge in [-0.05, 0) is 18.2 Å². The Labute approximate surface area is 107 Å². The number of carbonyl (C=O) groups excluding carboxylic acids is 1. The molecule has 0 radical (unpaired) electrons. The normalized spacial score (nSPS) is 12.9. The highest BCUT2D eigenvalue weighted by atomic mass is 19.4. The highest BCUT2D eigenvalue weighted by Crippen LogP contribution is 2.38. The number of halogens is 5. The van der Waals surface area contributed by atoms with E-state index in [0.717, 1.165) is 16.7 Å². The molecule has 1 aromatic carbocycles. The van der Waals surface area contributed by atoms with E-state index in [0.29, 0.717) is 6.07 Å². The molecule has 0 fully saturated rings. The molecule has 0 saturated heterocycles. The number of nitrogens with zero attached hydrogens (tertiary/aromatic N) is 1. The molecular weight excluding hydrogens is 289 g/mol. The van der Waals surface area contributed by atoms with Gasteiger partial charge in [-0.25, -0.2) is 4.79 Å². The van der Waals surface area contributed by atoms with Gasteiger partial charge in [0, 0.05) is 12.6 Å². The van der Waals surface area contributed by atoms with Crippen LogP contribution < -0.4 is 5.76 Å². The van der Waals surface area contributed by atoms with Crippen LogP contribution in [0.3, 0.4) is 0 Å². The fourth-order valence-corrected chi connectivity index (χ4v) is 1.59. The van der Waals surface area contributed by atoms with Gasteiger partial charge in [-0.3, -0.25) is 9.36 Å². The van der Waals surface area contributed by atoms with Crippen LogP contribution in [0.2, 0.25) is 0 Å². The van der Waals surface area contributed by atoms with E-state index in [9.17, 15) is 31.5 Å². The van der Waals surface area contributed by atoms with Crippen molar-refractivity contribution in [3.05, 3.63) is 34.3 Å². The third kappa shape index (κ3) is 1.98. The summed E-state index contributed by atoms with van der Waals surface area (Å²) in [7, 11) is 1.32. The van der Waals surface area contributed by atoms with Crippen molar-refractivity contribution in [1.82, 2.24) is 4.57 Å². The molecule has 0 spiro atoms. The first kappa shape index (κ1) is 14.2. The number of benzene rings is 1. The van der Waals surface area contributed by atoms with Gasteiger partial charge in [0.15, 0.2) is 5.58 Å². The first-order valence-corrected chi connectivity index (χ1v) is 5.14. The number of oxazole rings is 1. The number of aryl methyl sites for hydroxylation is 1. The molecule has 0 aliphatic carbocycles.